The highest BCUT2D eigenvalue weighted by Crippen LogP contribution is 2.32. The van der Waals surface area contributed by atoms with Crippen LogP contribution in [0.2, 0.25) is 0 Å². The Labute approximate surface area is 96.9 Å². The van der Waals surface area contributed by atoms with Crippen molar-refractivity contribution < 1.29 is 5.11 Å². The summed E-state index contributed by atoms with van der Waals surface area (Å²) in [6.45, 7) is 6.27. The van der Waals surface area contributed by atoms with Gasteiger partial charge in [0.05, 0.1) is 11.6 Å². The van der Waals surface area contributed by atoms with Crippen molar-refractivity contribution in [3.8, 4) is 0 Å². The highest BCUT2D eigenvalue weighted by atomic mass is 16.3. The maximum absolute atomic E-state index is 10.5. The van der Waals surface area contributed by atoms with Gasteiger partial charge in [0, 0.05) is 13.1 Å². The zero-order valence-electron chi connectivity index (χ0n) is 9.96. The number of rotatable bonds is 4. The van der Waals surface area contributed by atoms with E-state index < -0.39 is 5.60 Å². The molecule has 0 aliphatic carbocycles. The third-order valence-electron chi connectivity index (χ3n) is 3.22. The minimum Gasteiger partial charge on any atom is -0.387 e. The van der Waals surface area contributed by atoms with Gasteiger partial charge in [0.1, 0.15) is 0 Å². The van der Waals surface area contributed by atoms with E-state index in [1.54, 1.807) is 0 Å². The van der Waals surface area contributed by atoms with Crippen LogP contribution >= 0.6 is 0 Å². The van der Waals surface area contributed by atoms with E-state index in [4.69, 9.17) is 0 Å². The molecule has 16 heavy (non-hydrogen) atoms. The zero-order chi connectivity index (χ0) is 11.6. The van der Waals surface area contributed by atoms with Crippen molar-refractivity contribution in [2.45, 2.75) is 32.0 Å². The second-order valence-corrected chi connectivity index (χ2v) is 4.65. The molecular formula is C13H20N2O. The number of hydrogen-bond donors (Lipinski definition) is 3. The lowest BCUT2D eigenvalue weighted by molar-refractivity contribution is 0.0229. The van der Waals surface area contributed by atoms with Crippen LogP contribution in [-0.4, -0.2) is 23.8 Å². The van der Waals surface area contributed by atoms with Crippen molar-refractivity contribution in [1.82, 2.24) is 10.6 Å². The SMILES string of the molecule is CCNCC(C)(O)C1NCc2ccccc21. The molecule has 2 unspecified atom stereocenters. The van der Waals surface area contributed by atoms with E-state index in [1.807, 2.05) is 26.0 Å². The van der Waals surface area contributed by atoms with Crippen molar-refractivity contribution in [2.75, 3.05) is 13.1 Å². The third-order valence-corrected chi connectivity index (χ3v) is 3.22. The first-order valence-electron chi connectivity index (χ1n) is 5.89. The molecule has 3 nitrogen and oxygen atoms in total. The second kappa shape index (κ2) is 4.53. The van der Waals surface area contributed by atoms with Gasteiger partial charge in [0.25, 0.3) is 0 Å². The smallest absolute Gasteiger partial charge is 0.0937 e. The summed E-state index contributed by atoms with van der Waals surface area (Å²) in [6, 6.07) is 8.32. The molecule has 1 aromatic carbocycles. The highest BCUT2D eigenvalue weighted by molar-refractivity contribution is 5.35. The lowest BCUT2D eigenvalue weighted by Crippen LogP contribution is -2.46. The number of hydrogen-bond acceptors (Lipinski definition) is 3. The van der Waals surface area contributed by atoms with Gasteiger partial charge in [-0.2, -0.15) is 0 Å². The Morgan fingerprint density at radius 2 is 2.25 bits per heavy atom. The minimum absolute atomic E-state index is 0.0303. The Balaban J connectivity index is 2.17. The second-order valence-electron chi connectivity index (χ2n) is 4.65. The summed E-state index contributed by atoms with van der Waals surface area (Å²) in [5.74, 6) is 0. The summed E-state index contributed by atoms with van der Waals surface area (Å²) in [6.07, 6.45) is 0. The molecule has 0 bridgehead atoms. The van der Waals surface area contributed by atoms with Crippen LogP contribution in [0.1, 0.15) is 31.0 Å². The van der Waals surface area contributed by atoms with Crippen LogP contribution in [0.5, 0.6) is 0 Å². The summed E-state index contributed by atoms with van der Waals surface area (Å²) < 4.78 is 0. The van der Waals surface area contributed by atoms with Gasteiger partial charge >= 0.3 is 0 Å². The van der Waals surface area contributed by atoms with Crippen LogP contribution in [0.4, 0.5) is 0 Å². The average Bonchev–Trinajstić information content (AvgIpc) is 2.71. The van der Waals surface area contributed by atoms with E-state index in [2.05, 4.69) is 22.8 Å². The van der Waals surface area contributed by atoms with E-state index in [0.29, 0.717) is 6.54 Å². The molecule has 1 heterocycles. The molecular weight excluding hydrogens is 200 g/mol. The van der Waals surface area contributed by atoms with Gasteiger partial charge in [-0.25, -0.2) is 0 Å². The van der Waals surface area contributed by atoms with Gasteiger partial charge in [-0.1, -0.05) is 31.2 Å². The molecule has 0 radical (unpaired) electrons. The Bertz CT molecular complexity index is 363. The molecule has 1 aromatic rings. The molecule has 88 valence electrons. The normalized spacial score (nSPS) is 22.8. The summed E-state index contributed by atoms with van der Waals surface area (Å²) in [5, 5.41) is 17.1. The fraction of sp³-hybridized carbons (Fsp3) is 0.538. The fourth-order valence-corrected chi connectivity index (χ4v) is 2.33. The van der Waals surface area contributed by atoms with Crippen molar-refractivity contribution in [2.24, 2.45) is 0 Å². The van der Waals surface area contributed by atoms with Crippen LogP contribution in [-0.2, 0) is 6.54 Å². The van der Waals surface area contributed by atoms with Crippen molar-refractivity contribution in [3.05, 3.63) is 35.4 Å². The topological polar surface area (TPSA) is 44.3 Å². The maximum Gasteiger partial charge on any atom is 0.0937 e. The molecule has 3 N–H and O–H groups in total. The minimum atomic E-state index is -0.747. The molecule has 0 fully saturated rings. The van der Waals surface area contributed by atoms with Crippen LogP contribution in [0, 0.1) is 0 Å². The molecule has 2 atom stereocenters. The van der Waals surface area contributed by atoms with Crippen molar-refractivity contribution >= 4 is 0 Å². The third kappa shape index (κ3) is 2.12. The average molecular weight is 220 g/mol. The van der Waals surface area contributed by atoms with E-state index in [0.717, 1.165) is 13.1 Å². The first kappa shape index (κ1) is 11.6. The quantitative estimate of drug-likeness (QED) is 0.714. The largest absolute Gasteiger partial charge is 0.387 e. The summed E-state index contributed by atoms with van der Waals surface area (Å²) in [7, 11) is 0. The fourth-order valence-electron chi connectivity index (χ4n) is 2.33. The van der Waals surface area contributed by atoms with Gasteiger partial charge in [-0.3, -0.25) is 0 Å². The summed E-state index contributed by atoms with van der Waals surface area (Å²) in [5.41, 5.74) is 1.78. The van der Waals surface area contributed by atoms with Crippen molar-refractivity contribution in [1.29, 1.82) is 0 Å². The molecule has 1 aliphatic heterocycles. The van der Waals surface area contributed by atoms with E-state index in [-0.39, 0.29) is 6.04 Å². The molecule has 0 amide bonds. The lowest BCUT2D eigenvalue weighted by Gasteiger charge is -2.31. The maximum atomic E-state index is 10.5. The lowest BCUT2D eigenvalue weighted by atomic mass is 9.90. The van der Waals surface area contributed by atoms with Crippen LogP contribution in [0.15, 0.2) is 24.3 Å². The Kier molecular flexibility index (Phi) is 3.28. The molecule has 3 heteroatoms. The number of aliphatic hydroxyl groups is 1. The van der Waals surface area contributed by atoms with Crippen LogP contribution in [0.25, 0.3) is 0 Å². The predicted octanol–water partition coefficient (Wildman–Crippen LogP) is 1.19. The summed E-state index contributed by atoms with van der Waals surface area (Å²) in [4.78, 5) is 0. The van der Waals surface area contributed by atoms with Gasteiger partial charge in [0.2, 0.25) is 0 Å². The predicted molar refractivity (Wildman–Crippen MR) is 65.2 cm³/mol. The monoisotopic (exact) mass is 220 g/mol. The first-order chi connectivity index (χ1) is 7.65. The van der Waals surface area contributed by atoms with Crippen LogP contribution in [0.3, 0.4) is 0 Å². The standard InChI is InChI=1S/C13H20N2O/c1-3-14-9-13(2,16)12-11-7-5-4-6-10(11)8-15-12/h4-7,12,14-16H,3,8-9H2,1-2H3. The van der Waals surface area contributed by atoms with Gasteiger partial charge in [0.15, 0.2) is 0 Å². The number of benzene rings is 1. The Morgan fingerprint density at radius 1 is 1.50 bits per heavy atom. The number of nitrogens with one attached hydrogen (secondary N) is 2. The molecule has 1 aliphatic rings. The molecule has 0 saturated heterocycles. The number of likely N-dealkylation sites (N-methyl/N-ethyl adjacent to an activating group) is 1. The van der Waals surface area contributed by atoms with Gasteiger partial charge in [-0.15, -0.1) is 0 Å². The summed E-state index contributed by atoms with van der Waals surface area (Å²) >= 11 is 0. The van der Waals surface area contributed by atoms with Crippen molar-refractivity contribution in [3.63, 3.8) is 0 Å². The van der Waals surface area contributed by atoms with Gasteiger partial charge < -0.3 is 15.7 Å². The van der Waals surface area contributed by atoms with E-state index in [1.165, 1.54) is 11.1 Å². The van der Waals surface area contributed by atoms with E-state index in [9.17, 15) is 5.11 Å². The zero-order valence-corrected chi connectivity index (χ0v) is 9.96. The molecule has 2 rings (SSSR count). The molecule has 0 spiro atoms. The highest BCUT2D eigenvalue weighted by Gasteiger charge is 2.36. The Morgan fingerprint density at radius 3 is 3.00 bits per heavy atom. The molecule has 0 saturated carbocycles. The van der Waals surface area contributed by atoms with Crippen LogP contribution < -0.4 is 10.6 Å². The van der Waals surface area contributed by atoms with E-state index >= 15 is 0 Å². The molecule has 0 aromatic heterocycles. The Hall–Kier alpha value is -0.900. The first-order valence-corrected chi connectivity index (χ1v) is 5.89. The van der Waals surface area contributed by atoms with Gasteiger partial charge in [-0.05, 0) is 24.6 Å². The number of fused-ring (bicyclic) bond motifs is 1.